The fraction of sp³-hybridized carbons (Fsp3) is 0.278. The van der Waals surface area contributed by atoms with Crippen LogP contribution in [0.5, 0.6) is 0 Å². The van der Waals surface area contributed by atoms with E-state index in [4.69, 9.17) is 5.73 Å². The first-order valence-corrected chi connectivity index (χ1v) is 7.28. The van der Waals surface area contributed by atoms with Crippen LogP contribution >= 0.6 is 0 Å². The first-order chi connectivity index (χ1) is 10.2. The number of hydrogen-bond donors (Lipinski definition) is 1. The first kappa shape index (κ1) is 15.3. The summed E-state index contributed by atoms with van der Waals surface area (Å²) >= 11 is 0. The molecular weight excluding hydrogens is 260 g/mol. The minimum Gasteiger partial charge on any atom is -0.335 e. The minimum absolute atomic E-state index is 0.0596. The Labute approximate surface area is 126 Å². The van der Waals surface area contributed by atoms with E-state index in [0.29, 0.717) is 25.2 Å². The highest BCUT2D eigenvalue weighted by Crippen LogP contribution is 2.14. The predicted octanol–water partition coefficient (Wildman–Crippen LogP) is 3.12. The average molecular weight is 282 g/mol. The topological polar surface area (TPSA) is 46.3 Å². The van der Waals surface area contributed by atoms with Gasteiger partial charge in [0.2, 0.25) is 0 Å². The Morgan fingerprint density at radius 1 is 1.10 bits per heavy atom. The van der Waals surface area contributed by atoms with Gasteiger partial charge in [-0.25, -0.2) is 0 Å². The maximum atomic E-state index is 12.6. The van der Waals surface area contributed by atoms with Gasteiger partial charge in [0, 0.05) is 25.2 Å². The highest BCUT2D eigenvalue weighted by Gasteiger charge is 2.15. The molecule has 21 heavy (non-hydrogen) atoms. The van der Waals surface area contributed by atoms with Crippen molar-refractivity contribution >= 4 is 5.91 Å². The number of rotatable bonds is 5. The van der Waals surface area contributed by atoms with Crippen LogP contribution in [-0.2, 0) is 13.1 Å². The van der Waals surface area contributed by atoms with Crippen LogP contribution in [0.15, 0.2) is 48.5 Å². The van der Waals surface area contributed by atoms with Crippen LogP contribution in [0.4, 0.5) is 0 Å². The van der Waals surface area contributed by atoms with Gasteiger partial charge in [-0.2, -0.15) is 0 Å². The summed E-state index contributed by atoms with van der Waals surface area (Å²) in [4.78, 5) is 14.4. The molecule has 2 aromatic rings. The van der Waals surface area contributed by atoms with Gasteiger partial charge < -0.3 is 10.6 Å². The Balaban J connectivity index is 2.16. The predicted molar refractivity (Wildman–Crippen MR) is 85.9 cm³/mol. The molecule has 2 rings (SSSR count). The molecule has 0 radical (unpaired) electrons. The fourth-order valence-electron chi connectivity index (χ4n) is 2.29. The van der Waals surface area contributed by atoms with Gasteiger partial charge in [0.1, 0.15) is 0 Å². The Morgan fingerprint density at radius 3 is 2.33 bits per heavy atom. The molecule has 0 atom stereocenters. The highest BCUT2D eigenvalue weighted by molar-refractivity contribution is 5.94. The lowest BCUT2D eigenvalue weighted by molar-refractivity contribution is 0.0752. The van der Waals surface area contributed by atoms with E-state index in [1.54, 1.807) is 0 Å². The quantitative estimate of drug-likeness (QED) is 0.916. The van der Waals surface area contributed by atoms with Crippen LogP contribution in [0.1, 0.15) is 34.0 Å². The molecule has 0 saturated heterocycles. The van der Waals surface area contributed by atoms with Gasteiger partial charge in [-0.05, 0) is 42.7 Å². The molecule has 0 aromatic heterocycles. The molecule has 3 nitrogen and oxygen atoms in total. The van der Waals surface area contributed by atoms with Gasteiger partial charge in [0.05, 0.1) is 0 Å². The molecule has 110 valence electrons. The highest BCUT2D eigenvalue weighted by atomic mass is 16.2. The van der Waals surface area contributed by atoms with Crippen molar-refractivity contribution in [3.63, 3.8) is 0 Å². The summed E-state index contributed by atoms with van der Waals surface area (Å²) in [6, 6.07) is 15.7. The van der Waals surface area contributed by atoms with E-state index >= 15 is 0 Å². The van der Waals surface area contributed by atoms with Gasteiger partial charge in [-0.3, -0.25) is 4.79 Å². The standard InChI is InChI=1S/C18H22N2O/c1-3-20(13-17-7-5-4-6-14(17)2)18(21)16-10-8-15(12-19)9-11-16/h4-11H,3,12-13,19H2,1-2H3. The van der Waals surface area contributed by atoms with E-state index in [-0.39, 0.29) is 5.91 Å². The Bertz CT molecular complexity index is 605. The van der Waals surface area contributed by atoms with Crippen molar-refractivity contribution in [2.45, 2.75) is 26.9 Å². The molecule has 0 heterocycles. The van der Waals surface area contributed by atoms with E-state index < -0.39 is 0 Å². The van der Waals surface area contributed by atoms with E-state index in [9.17, 15) is 4.79 Å². The maximum Gasteiger partial charge on any atom is 0.254 e. The molecule has 0 spiro atoms. The van der Waals surface area contributed by atoms with Gasteiger partial charge >= 0.3 is 0 Å². The zero-order chi connectivity index (χ0) is 15.2. The third-order valence-electron chi connectivity index (χ3n) is 3.73. The molecule has 0 aliphatic carbocycles. The van der Waals surface area contributed by atoms with Crippen LogP contribution in [0.2, 0.25) is 0 Å². The second-order valence-electron chi connectivity index (χ2n) is 5.15. The van der Waals surface area contributed by atoms with Gasteiger partial charge in [0.25, 0.3) is 5.91 Å². The van der Waals surface area contributed by atoms with Crippen molar-refractivity contribution < 1.29 is 4.79 Å². The zero-order valence-corrected chi connectivity index (χ0v) is 12.7. The van der Waals surface area contributed by atoms with E-state index in [0.717, 1.165) is 5.56 Å². The number of carbonyl (C=O) groups excluding carboxylic acids is 1. The van der Waals surface area contributed by atoms with Crippen molar-refractivity contribution in [1.29, 1.82) is 0 Å². The molecule has 0 saturated carbocycles. The summed E-state index contributed by atoms with van der Waals surface area (Å²) in [5.74, 6) is 0.0596. The Morgan fingerprint density at radius 2 is 1.76 bits per heavy atom. The van der Waals surface area contributed by atoms with Crippen molar-refractivity contribution in [3.8, 4) is 0 Å². The average Bonchev–Trinajstić information content (AvgIpc) is 2.53. The number of nitrogens with two attached hydrogens (primary N) is 1. The minimum atomic E-state index is 0.0596. The summed E-state index contributed by atoms with van der Waals surface area (Å²) < 4.78 is 0. The number of carbonyl (C=O) groups is 1. The molecule has 0 unspecified atom stereocenters. The van der Waals surface area contributed by atoms with Crippen molar-refractivity contribution in [2.24, 2.45) is 5.73 Å². The van der Waals surface area contributed by atoms with Gasteiger partial charge in [0.15, 0.2) is 0 Å². The Kier molecular flexibility index (Phi) is 5.12. The van der Waals surface area contributed by atoms with E-state index in [1.807, 2.05) is 48.2 Å². The number of hydrogen-bond acceptors (Lipinski definition) is 2. The van der Waals surface area contributed by atoms with Crippen LogP contribution in [0.3, 0.4) is 0 Å². The molecule has 2 N–H and O–H groups in total. The molecule has 0 aliphatic heterocycles. The van der Waals surface area contributed by atoms with Crippen molar-refractivity contribution in [2.75, 3.05) is 6.54 Å². The maximum absolute atomic E-state index is 12.6. The summed E-state index contributed by atoms with van der Waals surface area (Å²) in [6.45, 7) is 5.90. The molecular formula is C18H22N2O. The lowest BCUT2D eigenvalue weighted by Crippen LogP contribution is -2.30. The molecule has 2 aromatic carbocycles. The van der Waals surface area contributed by atoms with Crippen molar-refractivity contribution in [1.82, 2.24) is 4.90 Å². The van der Waals surface area contributed by atoms with Crippen LogP contribution in [-0.4, -0.2) is 17.4 Å². The smallest absolute Gasteiger partial charge is 0.254 e. The molecule has 0 fully saturated rings. The summed E-state index contributed by atoms with van der Waals surface area (Å²) in [7, 11) is 0. The number of nitrogens with zero attached hydrogens (tertiary/aromatic N) is 1. The number of amides is 1. The molecule has 1 amide bonds. The summed E-state index contributed by atoms with van der Waals surface area (Å²) in [6.07, 6.45) is 0. The monoisotopic (exact) mass is 282 g/mol. The summed E-state index contributed by atoms with van der Waals surface area (Å²) in [5.41, 5.74) is 9.73. The SMILES string of the molecule is CCN(Cc1ccccc1C)C(=O)c1ccc(CN)cc1. The second-order valence-corrected chi connectivity index (χ2v) is 5.15. The first-order valence-electron chi connectivity index (χ1n) is 7.28. The fourth-order valence-corrected chi connectivity index (χ4v) is 2.29. The third kappa shape index (κ3) is 3.70. The number of aryl methyl sites for hydroxylation is 1. The van der Waals surface area contributed by atoms with E-state index in [2.05, 4.69) is 19.1 Å². The molecule has 0 aliphatic rings. The van der Waals surface area contributed by atoms with Crippen LogP contribution in [0, 0.1) is 6.92 Å². The molecule has 3 heteroatoms. The lowest BCUT2D eigenvalue weighted by Gasteiger charge is -2.22. The number of benzene rings is 2. The zero-order valence-electron chi connectivity index (χ0n) is 12.7. The van der Waals surface area contributed by atoms with Crippen LogP contribution in [0.25, 0.3) is 0 Å². The van der Waals surface area contributed by atoms with Gasteiger partial charge in [-0.1, -0.05) is 36.4 Å². The Hall–Kier alpha value is -2.13. The third-order valence-corrected chi connectivity index (χ3v) is 3.73. The second kappa shape index (κ2) is 7.04. The van der Waals surface area contributed by atoms with Gasteiger partial charge in [-0.15, -0.1) is 0 Å². The van der Waals surface area contributed by atoms with E-state index in [1.165, 1.54) is 11.1 Å². The van der Waals surface area contributed by atoms with Crippen LogP contribution < -0.4 is 5.73 Å². The largest absolute Gasteiger partial charge is 0.335 e. The lowest BCUT2D eigenvalue weighted by atomic mass is 10.1. The molecule has 0 bridgehead atoms. The summed E-state index contributed by atoms with van der Waals surface area (Å²) in [5, 5.41) is 0. The normalized spacial score (nSPS) is 10.4. The van der Waals surface area contributed by atoms with Crippen molar-refractivity contribution in [3.05, 3.63) is 70.8 Å².